The average molecular weight is 616 g/mol. The van der Waals surface area contributed by atoms with Crippen molar-refractivity contribution in [2.45, 2.75) is 65.1 Å². The summed E-state index contributed by atoms with van der Waals surface area (Å²) in [5, 5.41) is 9.16. The molecule has 0 spiro atoms. The van der Waals surface area contributed by atoms with E-state index in [2.05, 4.69) is 53.6 Å². The molecular formula is C32H45N9O2Si. The molecule has 3 aromatic heterocycles. The summed E-state index contributed by atoms with van der Waals surface area (Å²) in [6.07, 6.45) is 7.96. The maximum absolute atomic E-state index is 13.7. The second-order valence-corrected chi connectivity index (χ2v) is 19.2. The fraction of sp³-hybridized carbons (Fsp3) is 0.531. The number of rotatable bonds is 12. The van der Waals surface area contributed by atoms with E-state index in [1.807, 2.05) is 52.5 Å². The lowest BCUT2D eigenvalue weighted by atomic mass is 10.0. The number of carbonyl (C=O) groups excluding carboxylic acids is 1. The topological polar surface area (TPSA) is 96.9 Å². The smallest absolute Gasteiger partial charge is 0.326 e. The molecule has 4 aromatic rings. The molecule has 0 N–H and O–H groups in total. The van der Waals surface area contributed by atoms with E-state index in [-0.39, 0.29) is 12.1 Å². The molecular weight excluding hydrogens is 570 g/mol. The van der Waals surface area contributed by atoms with E-state index in [1.54, 1.807) is 15.5 Å². The zero-order valence-corrected chi connectivity index (χ0v) is 27.7. The first-order valence-corrected chi connectivity index (χ1v) is 19.6. The quantitative estimate of drug-likeness (QED) is 0.157. The van der Waals surface area contributed by atoms with Gasteiger partial charge in [-0.25, -0.2) is 24.0 Å². The molecule has 12 heteroatoms. The number of likely N-dealkylation sites (tertiary alicyclic amines) is 1. The maximum Gasteiger partial charge on any atom is 0.326 e. The number of hydrogen-bond donors (Lipinski definition) is 0. The highest BCUT2D eigenvalue weighted by molar-refractivity contribution is 6.76. The van der Waals surface area contributed by atoms with E-state index in [1.165, 1.54) is 12.8 Å². The number of nitrogens with zero attached hydrogens (tertiary/aromatic N) is 9. The number of amides is 2. The van der Waals surface area contributed by atoms with Crippen molar-refractivity contribution in [2.75, 3.05) is 44.2 Å². The van der Waals surface area contributed by atoms with Crippen molar-refractivity contribution in [3.05, 3.63) is 49.1 Å². The fourth-order valence-electron chi connectivity index (χ4n) is 5.93. The molecule has 11 nitrogen and oxygen atoms in total. The van der Waals surface area contributed by atoms with Gasteiger partial charge in [0.2, 0.25) is 0 Å². The van der Waals surface area contributed by atoms with Gasteiger partial charge in [-0.15, -0.1) is 5.10 Å². The summed E-state index contributed by atoms with van der Waals surface area (Å²) >= 11 is 0. The van der Waals surface area contributed by atoms with Gasteiger partial charge in [-0.2, -0.15) is 5.10 Å². The molecule has 0 bridgehead atoms. The third-order valence-electron chi connectivity index (χ3n) is 8.68. The summed E-state index contributed by atoms with van der Waals surface area (Å²) in [7, 11) is -1.12. The molecule has 0 radical (unpaired) electrons. The molecule has 2 saturated heterocycles. The Morgan fingerprint density at radius 2 is 1.77 bits per heavy atom. The Balaban J connectivity index is 1.17. The number of anilines is 1. The second kappa shape index (κ2) is 12.8. The monoisotopic (exact) mass is 615 g/mol. The van der Waals surface area contributed by atoms with Gasteiger partial charge in [-0.05, 0) is 49.5 Å². The van der Waals surface area contributed by atoms with Crippen molar-refractivity contribution in [3.8, 4) is 22.5 Å². The first-order valence-electron chi connectivity index (χ1n) is 15.9. The van der Waals surface area contributed by atoms with E-state index in [4.69, 9.17) is 9.72 Å². The van der Waals surface area contributed by atoms with Crippen molar-refractivity contribution < 1.29 is 9.53 Å². The fourth-order valence-corrected chi connectivity index (χ4v) is 6.69. The maximum atomic E-state index is 13.7. The molecule has 2 amide bonds. The van der Waals surface area contributed by atoms with Gasteiger partial charge in [0.25, 0.3) is 0 Å². The summed E-state index contributed by atoms with van der Waals surface area (Å²) in [6, 6.07) is 11.3. The minimum atomic E-state index is -1.12. The predicted molar refractivity (Wildman–Crippen MR) is 175 cm³/mol. The van der Waals surface area contributed by atoms with Gasteiger partial charge in [0, 0.05) is 51.6 Å². The molecule has 1 unspecified atom stereocenters. The third kappa shape index (κ3) is 6.72. The average Bonchev–Trinajstić information content (AvgIpc) is 3.80. The van der Waals surface area contributed by atoms with Crippen molar-refractivity contribution in [3.63, 3.8) is 0 Å². The molecule has 234 valence electrons. The lowest BCUT2D eigenvalue weighted by Crippen LogP contribution is -2.39. The van der Waals surface area contributed by atoms with Crippen LogP contribution >= 0.6 is 0 Å². The van der Waals surface area contributed by atoms with Gasteiger partial charge in [0.15, 0.2) is 11.5 Å². The van der Waals surface area contributed by atoms with Crippen LogP contribution in [0.4, 0.5) is 10.6 Å². The number of urea groups is 1. The van der Waals surface area contributed by atoms with Crippen LogP contribution < -0.4 is 4.90 Å². The molecule has 6 rings (SSSR count). The van der Waals surface area contributed by atoms with Crippen molar-refractivity contribution in [1.29, 1.82) is 0 Å². The zero-order chi connectivity index (χ0) is 30.8. The van der Waals surface area contributed by atoms with Crippen molar-refractivity contribution >= 4 is 25.6 Å². The Morgan fingerprint density at radius 1 is 1.02 bits per heavy atom. The summed E-state index contributed by atoms with van der Waals surface area (Å²) in [6.45, 7) is 17.2. The standard InChI is InChI=1S/C32H45N9O2Si/c1-24(2)28-21-38(17-16-37-13-6-7-14-37)32(42)41(28)29-12-15-40-31(35-29)27(20-34-40)25-8-10-26(11-9-25)30-33-22-39(36-30)23-43-18-19-44(3,4)5/h8-12,15,20,22,24,28H,6-7,13-14,16-19,21,23H2,1-5H3. The first kappa shape index (κ1) is 30.4. The van der Waals surface area contributed by atoms with Crippen LogP contribution in [0.3, 0.4) is 0 Å². The van der Waals surface area contributed by atoms with E-state index >= 15 is 0 Å². The third-order valence-corrected chi connectivity index (χ3v) is 10.4. The molecule has 5 heterocycles. The Labute approximate surface area is 260 Å². The molecule has 1 aromatic carbocycles. The van der Waals surface area contributed by atoms with Gasteiger partial charge in [-0.1, -0.05) is 57.8 Å². The van der Waals surface area contributed by atoms with Gasteiger partial charge in [-0.3, -0.25) is 4.90 Å². The SMILES string of the molecule is CC(C)C1CN(CCN2CCCC2)C(=O)N1c1ccn2ncc(-c3ccc(-c4ncn(COCC[Si](C)(C)C)n4)cc3)c2n1. The Hall–Kier alpha value is -3.61. The molecule has 0 aliphatic carbocycles. The Kier molecular flexibility index (Phi) is 8.83. The van der Waals surface area contributed by atoms with Crippen LogP contribution in [0, 0.1) is 5.92 Å². The second-order valence-electron chi connectivity index (χ2n) is 13.6. The number of fused-ring (bicyclic) bond motifs is 1. The van der Waals surface area contributed by atoms with E-state index in [9.17, 15) is 4.79 Å². The van der Waals surface area contributed by atoms with Crippen LogP contribution in [0.25, 0.3) is 28.2 Å². The van der Waals surface area contributed by atoms with Crippen LogP contribution in [-0.4, -0.2) is 98.6 Å². The van der Waals surface area contributed by atoms with Gasteiger partial charge >= 0.3 is 6.03 Å². The number of benzene rings is 1. The number of ether oxygens (including phenoxy) is 1. The van der Waals surface area contributed by atoms with Gasteiger partial charge in [0.1, 0.15) is 18.9 Å². The van der Waals surface area contributed by atoms with Crippen LogP contribution in [0.2, 0.25) is 25.7 Å². The largest absolute Gasteiger partial charge is 0.359 e. The van der Waals surface area contributed by atoms with Gasteiger partial charge < -0.3 is 14.5 Å². The van der Waals surface area contributed by atoms with Crippen LogP contribution in [0.15, 0.2) is 49.1 Å². The van der Waals surface area contributed by atoms with Gasteiger partial charge in [0.05, 0.1) is 12.2 Å². The van der Waals surface area contributed by atoms with E-state index in [0.29, 0.717) is 24.3 Å². The summed E-state index contributed by atoms with van der Waals surface area (Å²) in [4.78, 5) is 29.5. The summed E-state index contributed by atoms with van der Waals surface area (Å²) in [5.41, 5.74) is 3.55. The number of hydrogen-bond acceptors (Lipinski definition) is 7. The minimum Gasteiger partial charge on any atom is -0.359 e. The Bertz CT molecular complexity index is 1570. The number of aromatic nitrogens is 6. The van der Waals surface area contributed by atoms with Crippen molar-refractivity contribution in [2.24, 2.45) is 5.92 Å². The molecule has 44 heavy (non-hydrogen) atoms. The first-order chi connectivity index (χ1) is 21.2. The lowest BCUT2D eigenvalue weighted by molar-refractivity contribution is 0.0785. The predicted octanol–water partition coefficient (Wildman–Crippen LogP) is 5.33. The lowest BCUT2D eigenvalue weighted by Gasteiger charge is -2.25. The highest BCUT2D eigenvalue weighted by atomic mass is 28.3. The van der Waals surface area contributed by atoms with E-state index < -0.39 is 8.07 Å². The van der Waals surface area contributed by atoms with Crippen LogP contribution in [0.1, 0.15) is 26.7 Å². The molecule has 2 aliphatic heterocycles. The zero-order valence-electron chi connectivity index (χ0n) is 26.7. The van der Waals surface area contributed by atoms with E-state index in [0.717, 1.165) is 67.7 Å². The Morgan fingerprint density at radius 3 is 2.50 bits per heavy atom. The highest BCUT2D eigenvalue weighted by Gasteiger charge is 2.40. The minimum absolute atomic E-state index is 0.0403. The van der Waals surface area contributed by atoms with Crippen LogP contribution in [0.5, 0.6) is 0 Å². The van der Waals surface area contributed by atoms with Crippen LogP contribution in [-0.2, 0) is 11.5 Å². The normalized spacial score (nSPS) is 18.0. The molecule has 1 atom stereocenters. The van der Waals surface area contributed by atoms with Crippen molar-refractivity contribution in [1.82, 2.24) is 39.2 Å². The number of carbonyl (C=O) groups is 1. The summed E-state index contributed by atoms with van der Waals surface area (Å²) < 4.78 is 9.33. The molecule has 2 fully saturated rings. The highest BCUT2D eigenvalue weighted by Crippen LogP contribution is 2.31. The molecule has 2 aliphatic rings. The molecule has 0 saturated carbocycles. The summed E-state index contributed by atoms with van der Waals surface area (Å²) in [5.74, 6) is 1.64.